The summed E-state index contributed by atoms with van der Waals surface area (Å²) in [6, 6.07) is 10.4. The third kappa shape index (κ3) is 1.99. The van der Waals surface area contributed by atoms with Gasteiger partial charge >= 0.3 is 0 Å². The second-order valence-corrected chi connectivity index (χ2v) is 4.01. The Morgan fingerprint density at radius 2 is 2.00 bits per heavy atom. The third-order valence-electron chi connectivity index (χ3n) is 2.68. The second kappa shape index (κ2) is 4.49. The summed E-state index contributed by atoms with van der Waals surface area (Å²) < 4.78 is 1.99. The zero-order valence-corrected chi connectivity index (χ0v) is 9.77. The van der Waals surface area contributed by atoms with Crippen LogP contribution < -0.4 is 5.73 Å². The fraction of sp³-hybridized carbons (Fsp3) is 0.308. The minimum atomic E-state index is 0.643. The van der Waals surface area contributed by atoms with E-state index in [2.05, 4.69) is 37.1 Å². The Balaban J connectivity index is 2.44. The lowest BCUT2D eigenvalue weighted by Crippen LogP contribution is -2.05. The van der Waals surface area contributed by atoms with Crippen LogP contribution in [0.25, 0.3) is 5.69 Å². The molecule has 84 valence electrons. The number of benzene rings is 1. The van der Waals surface area contributed by atoms with E-state index in [1.165, 1.54) is 5.56 Å². The van der Waals surface area contributed by atoms with Crippen molar-refractivity contribution in [3.05, 3.63) is 47.3 Å². The lowest BCUT2D eigenvalue weighted by molar-refractivity contribution is 0.800. The monoisotopic (exact) mass is 215 g/mol. The fourth-order valence-electron chi connectivity index (χ4n) is 1.85. The highest BCUT2D eigenvalue weighted by Crippen LogP contribution is 2.16. The van der Waals surface area contributed by atoms with Gasteiger partial charge < -0.3 is 5.73 Å². The molecule has 2 N–H and O–H groups in total. The van der Waals surface area contributed by atoms with Gasteiger partial charge in [-0.25, -0.2) is 4.68 Å². The Labute approximate surface area is 95.9 Å². The molecule has 0 bridgehead atoms. The lowest BCUT2D eigenvalue weighted by Gasteiger charge is -2.07. The van der Waals surface area contributed by atoms with Gasteiger partial charge in [0.15, 0.2) is 0 Å². The number of nitrogens with two attached hydrogens (primary N) is 1. The van der Waals surface area contributed by atoms with Gasteiger partial charge in [-0.1, -0.05) is 18.2 Å². The van der Waals surface area contributed by atoms with Gasteiger partial charge in [0.1, 0.15) is 0 Å². The Hall–Kier alpha value is -1.61. The summed E-state index contributed by atoms with van der Waals surface area (Å²) in [7, 11) is 0. The molecular weight excluding hydrogens is 198 g/mol. The van der Waals surface area contributed by atoms with Gasteiger partial charge in [-0.3, -0.25) is 0 Å². The van der Waals surface area contributed by atoms with Gasteiger partial charge in [0, 0.05) is 12.1 Å². The number of aryl methyl sites for hydroxylation is 2. The van der Waals surface area contributed by atoms with Crippen molar-refractivity contribution in [2.45, 2.75) is 20.3 Å². The molecular formula is C13H17N3. The molecule has 2 aromatic rings. The Kier molecular flexibility index (Phi) is 3.06. The predicted octanol–water partition coefficient (Wildman–Crippen LogP) is 1.99. The van der Waals surface area contributed by atoms with Crippen molar-refractivity contribution in [3.63, 3.8) is 0 Å². The standard InChI is InChI=1S/C13H17N3/c1-10-5-3-4-6-13(10)16-11(2)9-12(15-16)7-8-14/h3-6,9H,7-8,14H2,1-2H3. The summed E-state index contributed by atoms with van der Waals surface area (Å²) in [4.78, 5) is 0. The molecule has 0 radical (unpaired) electrons. The number of hydrogen-bond acceptors (Lipinski definition) is 2. The van der Waals surface area contributed by atoms with Crippen molar-refractivity contribution < 1.29 is 0 Å². The minimum Gasteiger partial charge on any atom is -0.330 e. The van der Waals surface area contributed by atoms with Crippen molar-refractivity contribution in [3.8, 4) is 5.69 Å². The zero-order chi connectivity index (χ0) is 11.5. The normalized spacial score (nSPS) is 10.7. The number of hydrogen-bond donors (Lipinski definition) is 1. The van der Waals surface area contributed by atoms with Crippen molar-refractivity contribution in [1.82, 2.24) is 9.78 Å². The van der Waals surface area contributed by atoms with E-state index in [9.17, 15) is 0 Å². The number of para-hydroxylation sites is 1. The van der Waals surface area contributed by atoms with E-state index in [-0.39, 0.29) is 0 Å². The van der Waals surface area contributed by atoms with E-state index >= 15 is 0 Å². The van der Waals surface area contributed by atoms with E-state index in [1.54, 1.807) is 0 Å². The average Bonchev–Trinajstić information content (AvgIpc) is 2.61. The summed E-state index contributed by atoms with van der Waals surface area (Å²) in [6.07, 6.45) is 0.833. The highest BCUT2D eigenvalue weighted by Gasteiger charge is 2.07. The van der Waals surface area contributed by atoms with Crippen LogP contribution in [0, 0.1) is 13.8 Å². The van der Waals surface area contributed by atoms with Gasteiger partial charge in [0.2, 0.25) is 0 Å². The van der Waals surface area contributed by atoms with E-state index in [0.29, 0.717) is 6.54 Å². The molecule has 0 aliphatic carbocycles. The molecule has 0 spiro atoms. The molecule has 0 saturated carbocycles. The molecule has 1 aromatic carbocycles. The van der Waals surface area contributed by atoms with Crippen molar-refractivity contribution >= 4 is 0 Å². The van der Waals surface area contributed by atoms with E-state index in [1.807, 2.05) is 16.8 Å². The van der Waals surface area contributed by atoms with Crippen molar-refractivity contribution in [1.29, 1.82) is 0 Å². The van der Waals surface area contributed by atoms with Gasteiger partial charge in [0.25, 0.3) is 0 Å². The largest absolute Gasteiger partial charge is 0.330 e. The topological polar surface area (TPSA) is 43.8 Å². The van der Waals surface area contributed by atoms with Crippen LogP contribution in [-0.4, -0.2) is 16.3 Å². The quantitative estimate of drug-likeness (QED) is 0.851. The number of nitrogens with zero attached hydrogens (tertiary/aromatic N) is 2. The molecule has 0 unspecified atom stereocenters. The molecule has 0 fully saturated rings. The van der Waals surface area contributed by atoms with Crippen LogP contribution in [0.3, 0.4) is 0 Å². The van der Waals surface area contributed by atoms with Gasteiger partial charge in [-0.2, -0.15) is 5.10 Å². The summed E-state index contributed by atoms with van der Waals surface area (Å²) in [6.45, 7) is 4.81. The smallest absolute Gasteiger partial charge is 0.0677 e. The Morgan fingerprint density at radius 1 is 1.25 bits per heavy atom. The number of rotatable bonds is 3. The highest BCUT2D eigenvalue weighted by molar-refractivity contribution is 5.40. The molecule has 16 heavy (non-hydrogen) atoms. The first kappa shape index (κ1) is 10.9. The minimum absolute atomic E-state index is 0.643. The summed E-state index contributed by atoms with van der Waals surface area (Å²) >= 11 is 0. The fourth-order valence-corrected chi connectivity index (χ4v) is 1.85. The Bertz CT molecular complexity index is 486. The SMILES string of the molecule is Cc1ccccc1-n1nc(CCN)cc1C. The van der Waals surface area contributed by atoms with Crippen molar-refractivity contribution in [2.24, 2.45) is 5.73 Å². The predicted molar refractivity (Wildman–Crippen MR) is 65.8 cm³/mol. The van der Waals surface area contributed by atoms with Crippen LogP contribution in [0.5, 0.6) is 0 Å². The van der Waals surface area contributed by atoms with Crippen LogP contribution >= 0.6 is 0 Å². The maximum Gasteiger partial charge on any atom is 0.0677 e. The lowest BCUT2D eigenvalue weighted by atomic mass is 10.2. The molecule has 0 amide bonds. The molecule has 3 heteroatoms. The average molecular weight is 215 g/mol. The van der Waals surface area contributed by atoms with Gasteiger partial charge in [-0.05, 0) is 38.1 Å². The molecule has 1 heterocycles. The maximum atomic E-state index is 5.54. The molecule has 1 aromatic heterocycles. The molecule has 0 aliphatic rings. The first-order valence-electron chi connectivity index (χ1n) is 5.54. The Morgan fingerprint density at radius 3 is 2.69 bits per heavy atom. The summed E-state index contributed by atoms with van der Waals surface area (Å²) in [5, 5.41) is 4.57. The van der Waals surface area contributed by atoms with Gasteiger partial charge in [0.05, 0.1) is 11.4 Å². The van der Waals surface area contributed by atoms with Gasteiger partial charge in [-0.15, -0.1) is 0 Å². The first-order valence-corrected chi connectivity index (χ1v) is 5.54. The van der Waals surface area contributed by atoms with E-state index in [4.69, 9.17) is 5.73 Å². The van der Waals surface area contributed by atoms with Crippen LogP contribution in [0.1, 0.15) is 17.0 Å². The molecule has 0 saturated heterocycles. The van der Waals surface area contributed by atoms with Crippen LogP contribution in [0.15, 0.2) is 30.3 Å². The van der Waals surface area contributed by atoms with Crippen molar-refractivity contribution in [2.75, 3.05) is 6.54 Å². The van der Waals surface area contributed by atoms with E-state index < -0.39 is 0 Å². The zero-order valence-electron chi connectivity index (χ0n) is 9.77. The molecule has 0 aliphatic heterocycles. The summed E-state index contributed by atoms with van der Waals surface area (Å²) in [5.74, 6) is 0. The number of aromatic nitrogens is 2. The van der Waals surface area contributed by atoms with Crippen LogP contribution in [0.2, 0.25) is 0 Å². The first-order chi connectivity index (χ1) is 7.72. The summed E-state index contributed by atoms with van der Waals surface area (Å²) in [5.41, 5.74) is 10.1. The molecule has 3 nitrogen and oxygen atoms in total. The second-order valence-electron chi connectivity index (χ2n) is 4.01. The molecule has 2 rings (SSSR count). The van der Waals surface area contributed by atoms with Crippen LogP contribution in [-0.2, 0) is 6.42 Å². The van der Waals surface area contributed by atoms with E-state index in [0.717, 1.165) is 23.5 Å². The highest BCUT2D eigenvalue weighted by atomic mass is 15.3. The third-order valence-corrected chi connectivity index (χ3v) is 2.68. The van der Waals surface area contributed by atoms with Crippen LogP contribution in [0.4, 0.5) is 0 Å². The maximum absolute atomic E-state index is 5.54. The molecule has 0 atom stereocenters.